The predicted molar refractivity (Wildman–Crippen MR) is 83.4 cm³/mol. The number of nitro groups is 1. The van der Waals surface area contributed by atoms with Crippen molar-refractivity contribution in [2.75, 3.05) is 7.11 Å². The number of nitrogens with one attached hydrogen (secondary N) is 1. The normalized spacial score (nSPS) is 12.0. The lowest BCUT2D eigenvalue weighted by Crippen LogP contribution is -2.31. The summed E-state index contributed by atoms with van der Waals surface area (Å²) in [7, 11) is 1.58. The Morgan fingerprint density at radius 2 is 1.87 bits per heavy atom. The fourth-order valence-corrected chi connectivity index (χ4v) is 2.21. The molecule has 2 rings (SSSR count). The largest absolute Gasteiger partial charge is 0.497 e. The standard InChI is InChI=1S/C16H18N2O5/c1-10(2)15(11-4-6-12(22-3)7-5-11)17-16(19)13-8-9-14(23-13)18(20)21/h4-10,15H,1-3H3,(H,17,19). The number of furan rings is 1. The second kappa shape index (κ2) is 6.95. The molecule has 0 bridgehead atoms. The van der Waals surface area contributed by atoms with Crippen molar-refractivity contribution in [3.05, 3.63) is 57.8 Å². The van der Waals surface area contributed by atoms with Crippen molar-refractivity contribution in [1.82, 2.24) is 5.32 Å². The Hall–Kier alpha value is -2.83. The van der Waals surface area contributed by atoms with Gasteiger partial charge in [0, 0.05) is 0 Å². The molecule has 1 N–H and O–H groups in total. The zero-order valence-corrected chi connectivity index (χ0v) is 13.1. The number of methoxy groups -OCH3 is 1. The minimum Gasteiger partial charge on any atom is -0.497 e. The first-order valence-electron chi connectivity index (χ1n) is 7.11. The molecule has 0 aliphatic carbocycles. The molecule has 0 saturated carbocycles. The number of benzene rings is 1. The predicted octanol–water partition coefficient (Wildman–Crippen LogP) is 3.32. The lowest BCUT2D eigenvalue weighted by molar-refractivity contribution is -0.402. The van der Waals surface area contributed by atoms with E-state index in [1.165, 1.54) is 6.07 Å². The minimum atomic E-state index is -0.680. The second-order valence-corrected chi connectivity index (χ2v) is 5.36. The molecule has 2 aromatic rings. The van der Waals surface area contributed by atoms with E-state index in [9.17, 15) is 14.9 Å². The summed E-state index contributed by atoms with van der Waals surface area (Å²) in [5, 5.41) is 13.5. The van der Waals surface area contributed by atoms with Gasteiger partial charge in [0.2, 0.25) is 0 Å². The van der Waals surface area contributed by atoms with Crippen LogP contribution < -0.4 is 10.1 Å². The maximum absolute atomic E-state index is 12.2. The highest BCUT2D eigenvalue weighted by Gasteiger charge is 2.23. The van der Waals surface area contributed by atoms with Crippen LogP contribution in [0, 0.1) is 16.0 Å². The SMILES string of the molecule is COc1ccc(C(NC(=O)c2ccc([N+](=O)[O-])o2)C(C)C)cc1. The van der Waals surface area contributed by atoms with E-state index in [1.54, 1.807) is 7.11 Å². The molecule has 1 amide bonds. The van der Waals surface area contributed by atoms with Gasteiger partial charge in [-0.05, 0) is 29.7 Å². The Labute approximate surface area is 133 Å². The van der Waals surface area contributed by atoms with Crippen LogP contribution in [0.3, 0.4) is 0 Å². The van der Waals surface area contributed by atoms with Gasteiger partial charge in [-0.15, -0.1) is 0 Å². The van der Waals surface area contributed by atoms with Crippen molar-refractivity contribution >= 4 is 11.8 Å². The van der Waals surface area contributed by atoms with Gasteiger partial charge in [0.15, 0.2) is 5.76 Å². The summed E-state index contributed by atoms with van der Waals surface area (Å²) in [4.78, 5) is 22.2. The summed E-state index contributed by atoms with van der Waals surface area (Å²) in [6.45, 7) is 3.94. The van der Waals surface area contributed by atoms with Gasteiger partial charge >= 0.3 is 5.88 Å². The van der Waals surface area contributed by atoms with Crippen LogP contribution in [0.2, 0.25) is 0 Å². The van der Waals surface area contributed by atoms with E-state index >= 15 is 0 Å². The van der Waals surface area contributed by atoms with Gasteiger partial charge in [-0.3, -0.25) is 14.9 Å². The van der Waals surface area contributed by atoms with Crippen molar-refractivity contribution < 1.29 is 18.9 Å². The average molecular weight is 318 g/mol. The van der Waals surface area contributed by atoms with Crippen LogP contribution in [0.5, 0.6) is 5.75 Å². The quantitative estimate of drug-likeness (QED) is 0.651. The number of hydrogen-bond donors (Lipinski definition) is 1. The molecule has 7 heteroatoms. The summed E-state index contributed by atoms with van der Waals surface area (Å²) in [6, 6.07) is 9.56. The molecule has 7 nitrogen and oxygen atoms in total. The lowest BCUT2D eigenvalue weighted by atomic mass is 9.96. The topological polar surface area (TPSA) is 94.6 Å². The fourth-order valence-electron chi connectivity index (χ4n) is 2.21. The highest BCUT2D eigenvalue weighted by atomic mass is 16.6. The number of hydrogen-bond acceptors (Lipinski definition) is 5. The van der Waals surface area contributed by atoms with Crippen LogP contribution in [0.25, 0.3) is 0 Å². The number of rotatable bonds is 6. The van der Waals surface area contributed by atoms with Gasteiger partial charge in [-0.2, -0.15) is 0 Å². The second-order valence-electron chi connectivity index (χ2n) is 5.36. The summed E-state index contributed by atoms with van der Waals surface area (Å²) in [5.74, 6) is -0.189. The average Bonchev–Trinajstić information content (AvgIpc) is 3.02. The first-order chi connectivity index (χ1) is 10.9. The van der Waals surface area contributed by atoms with E-state index in [0.717, 1.165) is 17.4 Å². The molecule has 0 aliphatic heterocycles. The van der Waals surface area contributed by atoms with Gasteiger partial charge in [-0.1, -0.05) is 26.0 Å². The number of nitrogens with zero attached hydrogens (tertiary/aromatic N) is 1. The van der Waals surface area contributed by atoms with Crippen molar-refractivity contribution in [3.63, 3.8) is 0 Å². The van der Waals surface area contributed by atoms with Crippen molar-refractivity contribution in [3.8, 4) is 5.75 Å². The molecule has 0 radical (unpaired) electrons. The molecular formula is C16H18N2O5. The number of amides is 1. The zero-order chi connectivity index (χ0) is 17.0. The lowest BCUT2D eigenvalue weighted by Gasteiger charge is -2.22. The fraction of sp³-hybridized carbons (Fsp3) is 0.312. The van der Waals surface area contributed by atoms with E-state index in [4.69, 9.17) is 9.15 Å². The Kier molecular flexibility index (Phi) is 5.00. The van der Waals surface area contributed by atoms with Gasteiger partial charge in [0.05, 0.1) is 19.2 Å². The van der Waals surface area contributed by atoms with Crippen molar-refractivity contribution in [1.29, 1.82) is 0 Å². The summed E-state index contributed by atoms with van der Waals surface area (Å²) >= 11 is 0. The van der Waals surface area contributed by atoms with Crippen LogP contribution in [0.1, 0.15) is 36.0 Å². The Bertz CT molecular complexity index is 691. The third-order valence-electron chi connectivity index (χ3n) is 3.42. The van der Waals surface area contributed by atoms with Crippen LogP contribution in [-0.4, -0.2) is 17.9 Å². The molecule has 1 atom stereocenters. The summed E-state index contributed by atoms with van der Waals surface area (Å²) in [5.41, 5.74) is 0.912. The van der Waals surface area contributed by atoms with E-state index < -0.39 is 16.7 Å². The first-order valence-corrected chi connectivity index (χ1v) is 7.11. The molecule has 1 aromatic carbocycles. The summed E-state index contributed by atoms with van der Waals surface area (Å²) < 4.78 is 10.0. The highest BCUT2D eigenvalue weighted by molar-refractivity contribution is 5.92. The number of carbonyl (C=O) groups is 1. The van der Waals surface area contributed by atoms with E-state index in [1.807, 2.05) is 38.1 Å². The molecular weight excluding hydrogens is 300 g/mol. The molecule has 0 saturated heterocycles. The zero-order valence-electron chi connectivity index (χ0n) is 13.1. The molecule has 1 unspecified atom stereocenters. The molecule has 0 fully saturated rings. The Morgan fingerprint density at radius 1 is 1.22 bits per heavy atom. The van der Waals surface area contributed by atoms with Gasteiger partial charge < -0.3 is 14.5 Å². The number of ether oxygens (including phenoxy) is 1. The summed E-state index contributed by atoms with van der Waals surface area (Å²) in [6.07, 6.45) is 0. The monoisotopic (exact) mass is 318 g/mol. The van der Waals surface area contributed by atoms with E-state index in [2.05, 4.69) is 5.32 Å². The van der Waals surface area contributed by atoms with Crippen molar-refractivity contribution in [2.45, 2.75) is 19.9 Å². The van der Waals surface area contributed by atoms with Crippen molar-refractivity contribution in [2.24, 2.45) is 5.92 Å². The molecule has 1 heterocycles. The molecule has 122 valence electrons. The highest BCUT2D eigenvalue weighted by Crippen LogP contribution is 2.25. The molecule has 0 spiro atoms. The smallest absolute Gasteiger partial charge is 0.433 e. The first kappa shape index (κ1) is 16.5. The third kappa shape index (κ3) is 3.88. The van der Waals surface area contributed by atoms with Crippen LogP contribution >= 0.6 is 0 Å². The molecule has 23 heavy (non-hydrogen) atoms. The molecule has 1 aromatic heterocycles. The van der Waals surface area contributed by atoms with Crippen LogP contribution in [0.15, 0.2) is 40.8 Å². The van der Waals surface area contributed by atoms with Gasteiger partial charge in [-0.25, -0.2) is 0 Å². The van der Waals surface area contributed by atoms with Crippen LogP contribution in [-0.2, 0) is 0 Å². The van der Waals surface area contributed by atoms with Gasteiger partial charge in [0.1, 0.15) is 10.7 Å². The molecule has 0 aliphatic rings. The minimum absolute atomic E-state index is 0.0872. The van der Waals surface area contributed by atoms with Gasteiger partial charge in [0.25, 0.3) is 5.91 Å². The van der Waals surface area contributed by atoms with Crippen LogP contribution in [0.4, 0.5) is 5.88 Å². The Morgan fingerprint density at radius 3 is 2.35 bits per heavy atom. The maximum atomic E-state index is 12.2. The van der Waals surface area contributed by atoms with E-state index in [0.29, 0.717) is 0 Å². The number of carbonyl (C=O) groups excluding carboxylic acids is 1. The maximum Gasteiger partial charge on any atom is 0.433 e. The third-order valence-corrected chi connectivity index (χ3v) is 3.42. The van der Waals surface area contributed by atoms with E-state index in [-0.39, 0.29) is 17.7 Å². The Balaban J connectivity index is 2.17.